The maximum Gasteiger partial charge on any atom is 0.238 e. The molecular weight excluding hydrogens is 593 g/mol. The molecule has 0 saturated carbocycles. The predicted octanol–water partition coefficient (Wildman–Crippen LogP) is 5.63. The summed E-state index contributed by atoms with van der Waals surface area (Å²) in [6, 6.07) is 17.0. The highest BCUT2D eigenvalue weighted by Gasteiger charge is 2.61. The van der Waals surface area contributed by atoms with E-state index in [4.69, 9.17) is 39.5 Å². The zero-order valence-corrected chi connectivity index (χ0v) is 24.5. The second kappa shape index (κ2) is 10.7. The van der Waals surface area contributed by atoms with Gasteiger partial charge in [0.05, 0.1) is 17.0 Å². The number of carbonyl (C=O) groups is 2. The van der Waals surface area contributed by atoms with Gasteiger partial charge in [-0.05, 0) is 60.0 Å². The van der Waals surface area contributed by atoms with Gasteiger partial charge in [-0.1, -0.05) is 53.0 Å². The minimum atomic E-state index is -1.26. The number of piperidine rings is 1. The number of amides is 2. The molecule has 7 nitrogen and oxygen atoms in total. The Hall–Kier alpha value is -2.62. The van der Waals surface area contributed by atoms with E-state index in [0.29, 0.717) is 51.6 Å². The van der Waals surface area contributed by atoms with Gasteiger partial charge in [-0.15, -0.1) is 0 Å². The van der Waals surface area contributed by atoms with Crippen LogP contribution < -0.4 is 15.4 Å². The Morgan fingerprint density at radius 1 is 1.00 bits per heavy atom. The molecule has 2 unspecified atom stereocenters. The topological polar surface area (TPSA) is 87.7 Å². The van der Waals surface area contributed by atoms with Gasteiger partial charge in [0, 0.05) is 58.0 Å². The summed E-state index contributed by atoms with van der Waals surface area (Å²) in [6.07, 6.45) is 2.20. The molecule has 0 radical (unpaired) electrons. The quantitative estimate of drug-likeness (QED) is 0.388. The summed E-state index contributed by atoms with van der Waals surface area (Å²) in [5.74, 6) is -0.525. The summed E-state index contributed by atoms with van der Waals surface area (Å²) >= 11 is 19.3. The second-order valence-corrected chi connectivity index (χ2v) is 13.0. The van der Waals surface area contributed by atoms with Gasteiger partial charge < -0.3 is 15.4 Å². The molecule has 3 aromatic carbocycles. The third-order valence-corrected chi connectivity index (χ3v) is 9.81. The van der Waals surface area contributed by atoms with Crippen molar-refractivity contribution < 1.29 is 18.5 Å². The highest BCUT2D eigenvalue weighted by molar-refractivity contribution is 7.81. The van der Waals surface area contributed by atoms with Gasteiger partial charge in [0.25, 0.3) is 0 Å². The monoisotopic (exact) mass is 617 g/mol. The Kier molecular flexibility index (Phi) is 7.34. The Morgan fingerprint density at radius 2 is 1.75 bits per heavy atom. The van der Waals surface area contributed by atoms with Crippen LogP contribution in [0.25, 0.3) is 0 Å². The first-order valence-corrected chi connectivity index (χ1v) is 15.5. The molecule has 3 aromatic rings. The van der Waals surface area contributed by atoms with Crippen molar-refractivity contribution in [2.75, 3.05) is 24.7 Å². The third kappa shape index (κ3) is 4.69. The van der Waals surface area contributed by atoms with E-state index >= 15 is 0 Å². The lowest BCUT2D eigenvalue weighted by molar-refractivity contribution is -0.131. The molecule has 6 rings (SSSR count). The zero-order valence-electron chi connectivity index (χ0n) is 21.5. The number of hydrogen-bond acceptors (Lipinski definition) is 4. The largest absolute Gasteiger partial charge is 0.489 e. The van der Waals surface area contributed by atoms with Crippen LogP contribution in [0, 0.1) is 0 Å². The second-order valence-electron chi connectivity index (χ2n) is 10.3. The van der Waals surface area contributed by atoms with E-state index in [2.05, 4.69) is 10.6 Å². The Bertz CT molecular complexity index is 1550. The predicted molar refractivity (Wildman–Crippen MR) is 158 cm³/mol. The van der Waals surface area contributed by atoms with E-state index in [1.54, 1.807) is 48.7 Å². The van der Waals surface area contributed by atoms with E-state index in [1.165, 1.54) is 0 Å². The maximum atomic E-state index is 14.3. The van der Waals surface area contributed by atoms with Crippen molar-refractivity contribution in [3.8, 4) is 5.75 Å². The van der Waals surface area contributed by atoms with Crippen molar-refractivity contribution >= 4 is 63.3 Å². The van der Waals surface area contributed by atoms with Gasteiger partial charge in [-0.2, -0.15) is 0 Å². The molecule has 0 aliphatic carbocycles. The zero-order chi connectivity index (χ0) is 28.2. The number of benzene rings is 3. The van der Waals surface area contributed by atoms with Gasteiger partial charge in [0.1, 0.15) is 17.3 Å². The van der Waals surface area contributed by atoms with Crippen molar-refractivity contribution in [2.24, 2.45) is 0 Å². The van der Waals surface area contributed by atoms with Crippen molar-refractivity contribution in [2.45, 2.75) is 36.3 Å². The number of nitrogens with one attached hydrogen (secondary N) is 2. The third-order valence-electron chi connectivity index (χ3n) is 8.05. The van der Waals surface area contributed by atoms with Crippen LogP contribution in [0.15, 0.2) is 60.7 Å². The molecule has 2 fully saturated rings. The van der Waals surface area contributed by atoms with Crippen LogP contribution in [0.2, 0.25) is 15.1 Å². The molecule has 208 valence electrons. The number of fused-ring (bicyclic) bond motifs is 2. The van der Waals surface area contributed by atoms with Crippen molar-refractivity contribution in [3.05, 3.63) is 92.4 Å². The van der Waals surface area contributed by atoms with Crippen LogP contribution in [-0.2, 0) is 26.0 Å². The van der Waals surface area contributed by atoms with Crippen LogP contribution >= 0.6 is 34.8 Å². The maximum absolute atomic E-state index is 14.3. The molecule has 2 N–H and O–H groups in total. The van der Waals surface area contributed by atoms with Crippen LogP contribution in [-0.4, -0.2) is 45.8 Å². The molecule has 3 aliphatic rings. The first-order valence-electron chi connectivity index (χ1n) is 12.9. The molecule has 0 aromatic heterocycles. The van der Waals surface area contributed by atoms with E-state index in [1.807, 2.05) is 22.5 Å². The average Bonchev–Trinajstić information content (AvgIpc) is 3.49. The molecule has 0 bridgehead atoms. The minimum absolute atomic E-state index is 0.0724. The Balaban J connectivity index is 1.54. The van der Waals surface area contributed by atoms with Crippen LogP contribution in [0.1, 0.15) is 41.5 Å². The lowest BCUT2D eigenvalue weighted by atomic mass is 9.59. The number of ether oxygens (including phenoxy) is 1. The first-order chi connectivity index (χ1) is 19.2. The normalized spacial score (nSPS) is 26.9. The molecule has 3 aliphatic heterocycles. The summed E-state index contributed by atoms with van der Waals surface area (Å²) < 4.78 is 20.4. The lowest BCUT2D eigenvalue weighted by Gasteiger charge is -2.46. The van der Waals surface area contributed by atoms with E-state index in [9.17, 15) is 13.8 Å². The van der Waals surface area contributed by atoms with Crippen LogP contribution in [0.3, 0.4) is 0 Å². The fourth-order valence-corrected chi connectivity index (χ4v) is 7.62. The van der Waals surface area contributed by atoms with Crippen molar-refractivity contribution in [1.82, 2.24) is 9.62 Å². The number of carbonyl (C=O) groups excluding carboxylic acids is 2. The molecule has 11 heteroatoms. The summed E-state index contributed by atoms with van der Waals surface area (Å²) in [6.45, 7) is 1.15. The summed E-state index contributed by atoms with van der Waals surface area (Å²) in [5, 5.41) is 7.59. The number of halogens is 3. The number of rotatable bonds is 5. The van der Waals surface area contributed by atoms with Gasteiger partial charge in [-0.3, -0.25) is 9.59 Å². The first kappa shape index (κ1) is 27.5. The van der Waals surface area contributed by atoms with Gasteiger partial charge in [0.2, 0.25) is 11.8 Å². The Morgan fingerprint density at radius 3 is 2.50 bits per heavy atom. The van der Waals surface area contributed by atoms with Crippen LogP contribution in [0.4, 0.5) is 5.69 Å². The molecule has 3 heterocycles. The highest BCUT2D eigenvalue weighted by atomic mass is 35.5. The summed E-state index contributed by atoms with van der Waals surface area (Å²) in [4.78, 5) is 27.7. The van der Waals surface area contributed by atoms with Gasteiger partial charge in [-0.25, -0.2) is 8.51 Å². The van der Waals surface area contributed by atoms with E-state index in [0.717, 1.165) is 11.1 Å². The van der Waals surface area contributed by atoms with E-state index < -0.39 is 28.4 Å². The molecule has 2 saturated heterocycles. The Labute approximate surface area is 249 Å². The van der Waals surface area contributed by atoms with Gasteiger partial charge >= 0.3 is 0 Å². The summed E-state index contributed by atoms with van der Waals surface area (Å²) in [5.41, 5.74) is 1.41. The van der Waals surface area contributed by atoms with Crippen molar-refractivity contribution in [3.63, 3.8) is 0 Å². The fourth-order valence-electron chi connectivity index (χ4n) is 6.33. The van der Waals surface area contributed by atoms with Crippen molar-refractivity contribution in [1.29, 1.82) is 0 Å². The van der Waals surface area contributed by atoms with Crippen LogP contribution in [0.5, 0.6) is 5.75 Å². The molecule has 5 atom stereocenters. The summed E-state index contributed by atoms with van der Waals surface area (Å²) in [7, 11) is -1.10. The van der Waals surface area contributed by atoms with E-state index in [-0.39, 0.29) is 24.3 Å². The SMILES string of the molecule is CS(=O)N1CCC(Oc2ccc(Cl)cc2[C@H]2NC(=O)C[C@@H](c3cccc(Cl)c3)[C@]23C(=O)Nc2cc(Cl)ccc23)C1. The molecule has 1 spiro atoms. The number of nitrogens with zero attached hydrogens (tertiary/aromatic N) is 1. The smallest absolute Gasteiger partial charge is 0.238 e. The average molecular weight is 619 g/mol. The molecule has 40 heavy (non-hydrogen) atoms. The molecule has 2 amide bonds. The van der Waals surface area contributed by atoms with Gasteiger partial charge in [0.15, 0.2) is 0 Å². The molecular formula is C29H26Cl3N3O4S. The number of anilines is 1. The number of hydrogen-bond donors (Lipinski definition) is 2. The highest BCUT2D eigenvalue weighted by Crippen LogP contribution is 2.58. The fraction of sp³-hybridized carbons (Fsp3) is 0.310. The standard InChI is InChI=1S/C29H26Cl3N3O4S/c1-40(38)35-10-9-20(15-35)39-25-8-6-18(31)12-21(25)27-29(22-7-5-19(32)13-24(22)33-28(29)37)23(14-26(36)34-27)16-3-2-4-17(30)11-16/h2-8,11-13,20,23,27H,9-10,14-15H2,1H3,(H,33,37)(H,34,36)/t20?,23-,27+,29-,40?/m0/s1. The minimum Gasteiger partial charge on any atom is -0.489 e. The lowest BCUT2D eigenvalue weighted by Crippen LogP contribution is -2.57.